The minimum absolute atomic E-state index is 1.06. The van der Waals surface area contributed by atoms with E-state index in [1.165, 1.54) is 29.0 Å². The first-order valence-corrected chi connectivity index (χ1v) is 15.2. The highest BCUT2D eigenvalue weighted by Gasteiger charge is 1.87. The highest BCUT2D eigenvalue weighted by molar-refractivity contribution is 5.81. The molecule has 2 aromatic carbocycles. The van der Waals surface area contributed by atoms with Crippen molar-refractivity contribution in [3.8, 4) is 0 Å². The number of nitrogens with zero attached hydrogens (tertiary/aromatic N) is 3. The van der Waals surface area contributed by atoms with E-state index in [-0.39, 0.29) is 0 Å². The van der Waals surface area contributed by atoms with Crippen LogP contribution in [0.5, 0.6) is 0 Å². The average Bonchev–Trinajstić information content (AvgIpc) is 3.07. The van der Waals surface area contributed by atoms with Crippen LogP contribution in [0.25, 0.3) is 21.7 Å². The minimum Gasteiger partial charge on any atom is -0.265 e. The molecule has 0 aliphatic carbocycles. The number of hydrogen-bond acceptors (Lipinski definition) is 3. The molecule has 0 amide bonds. The minimum atomic E-state index is 1.06. The van der Waals surface area contributed by atoms with Gasteiger partial charge in [0, 0.05) is 36.4 Å². The lowest BCUT2D eigenvalue weighted by molar-refractivity contribution is 1.09. The fourth-order valence-corrected chi connectivity index (χ4v) is 2.36. The van der Waals surface area contributed by atoms with Gasteiger partial charge in [0.15, 0.2) is 0 Å². The van der Waals surface area contributed by atoms with Crippen molar-refractivity contribution in [2.24, 2.45) is 0 Å². The second-order valence-corrected chi connectivity index (χ2v) is 6.86. The quantitative estimate of drug-likeness (QED) is 0.194. The molecule has 5 rings (SSSR count). The molecule has 3 nitrogen and oxygen atoms in total. The maximum atomic E-state index is 4.18. The summed E-state index contributed by atoms with van der Waals surface area (Å²) in [6.45, 7) is 24.5. The summed E-state index contributed by atoms with van der Waals surface area (Å²) in [5.74, 6) is 0. The van der Waals surface area contributed by atoms with Gasteiger partial charge >= 0.3 is 0 Å². The Hall–Kier alpha value is -3.59. The maximum Gasteiger partial charge on any atom is 0.0701 e. The highest BCUT2D eigenvalue weighted by Crippen LogP contribution is 2.09. The lowest BCUT2D eigenvalue weighted by Gasteiger charge is -1.91. The summed E-state index contributed by atoms with van der Waals surface area (Å²) in [6, 6.07) is 28.0. The Morgan fingerprint density at radius 1 is 0.400 bits per heavy atom. The van der Waals surface area contributed by atoms with Crippen LogP contribution in [-0.2, 0) is 0 Å². The Labute approximate surface area is 248 Å². The van der Waals surface area contributed by atoms with Crippen LogP contribution >= 0.6 is 0 Å². The lowest BCUT2D eigenvalue weighted by Crippen LogP contribution is -1.73. The zero-order chi connectivity index (χ0) is 31.3. The van der Waals surface area contributed by atoms with E-state index in [1.54, 1.807) is 12.4 Å². The normalized spacial score (nSPS) is 7.70. The summed E-state index contributed by atoms with van der Waals surface area (Å²) < 4.78 is 0. The van der Waals surface area contributed by atoms with E-state index in [9.17, 15) is 0 Å². The van der Waals surface area contributed by atoms with Crippen LogP contribution in [0.15, 0.2) is 116 Å². The molecule has 0 unspecified atom stereocenters. The molecule has 0 radical (unpaired) electrons. The molecule has 0 atom stereocenters. The summed E-state index contributed by atoms with van der Waals surface area (Å²) in [7, 11) is 0. The smallest absolute Gasteiger partial charge is 0.0701 e. The Morgan fingerprint density at radius 3 is 1.27 bits per heavy atom. The van der Waals surface area contributed by atoms with E-state index in [0.717, 1.165) is 5.52 Å². The van der Waals surface area contributed by atoms with Gasteiger partial charge in [-0.05, 0) is 41.1 Å². The van der Waals surface area contributed by atoms with Crippen molar-refractivity contribution >= 4 is 21.7 Å². The Morgan fingerprint density at radius 2 is 0.850 bits per heavy atom. The van der Waals surface area contributed by atoms with Gasteiger partial charge in [0.1, 0.15) is 0 Å². The molecule has 0 bridgehead atoms. The second kappa shape index (κ2) is 39.9. The zero-order valence-corrected chi connectivity index (χ0v) is 27.7. The topological polar surface area (TPSA) is 38.7 Å². The van der Waals surface area contributed by atoms with Crippen molar-refractivity contribution in [2.45, 2.75) is 95.9 Å². The monoisotopic (exact) mass is 545 g/mol. The number of fused-ring (bicyclic) bond motifs is 2. The third kappa shape index (κ3) is 26.0. The van der Waals surface area contributed by atoms with Gasteiger partial charge in [-0.15, -0.1) is 0 Å². The number of pyridine rings is 3. The summed E-state index contributed by atoms with van der Waals surface area (Å²) in [5.41, 5.74) is 1.06. The standard InChI is InChI=1S/2C9H7N.C5H5N.2C3H8.4C2H6/c1-2-6-9-8(4-1)5-3-7-10-9;1-2-4-9-7-10-6-5-8(9)3-1;1-2-4-6-5-3-1;2*1-3-2;4*1-2/h2*1-7H;1-5H;2*3H2,1-2H3;4*1-2H3. The van der Waals surface area contributed by atoms with Gasteiger partial charge in [-0.3, -0.25) is 15.0 Å². The van der Waals surface area contributed by atoms with Gasteiger partial charge in [0.05, 0.1) is 5.52 Å². The predicted octanol–water partition coefficient (Wildman–Crippen LogP) is 12.5. The van der Waals surface area contributed by atoms with Crippen LogP contribution in [0.4, 0.5) is 0 Å². The molecule has 222 valence electrons. The largest absolute Gasteiger partial charge is 0.265 e. The number of benzene rings is 2. The van der Waals surface area contributed by atoms with Crippen molar-refractivity contribution in [3.63, 3.8) is 0 Å². The van der Waals surface area contributed by atoms with E-state index >= 15 is 0 Å². The van der Waals surface area contributed by atoms with Crippen molar-refractivity contribution < 1.29 is 0 Å². The molecular formula is C37H59N3. The third-order valence-electron chi connectivity index (χ3n) is 3.63. The first-order chi connectivity index (χ1) is 19.8. The lowest BCUT2D eigenvalue weighted by atomic mass is 10.2. The van der Waals surface area contributed by atoms with Crippen LogP contribution in [-0.4, -0.2) is 15.0 Å². The average molecular weight is 546 g/mol. The van der Waals surface area contributed by atoms with Crippen molar-refractivity contribution in [3.05, 3.63) is 116 Å². The molecule has 0 saturated heterocycles. The third-order valence-corrected chi connectivity index (χ3v) is 3.63. The summed E-state index contributed by atoms with van der Waals surface area (Å²) in [4.78, 5) is 12.0. The summed E-state index contributed by atoms with van der Waals surface area (Å²) in [6.07, 6.45) is 11.5. The van der Waals surface area contributed by atoms with E-state index < -0.39 is 0 Å². The van der Waals surface area contributed by atoms with Crippen LogP contribution in [0, 0.1) is 0 Å². The number of rotatable bonds is 0. The molecule has 5 aromatic rings. The number of para-hydroxylation sites is 1. The first-order valence-electron chi connectivity index (χ1n) is 15.2. The molecule has 3 heteroatoms. The molecule has 0 N–H and O–H groups in total. The van der Waals surface area contributed by atoms with E-state index in [2.05, 4.69) is 66.9 Å². The van der Waals surface area contributed by atoms with Crippen LogP contribution < -0.4 is 0 Å². The zero-order valence-electron chi connectivity index (χ0n) is 27.7. The molecule has 0 spiro atoms. The molecule has 0 aliphatic rings. The fourth-order valence-electron chi connectivity index (χ4n) is 2.36. The van der Waals surface area contributed by atoms with Gasteiger partial charge in [-0.2, -0.15) is 0 Å². The number of aromatic nitrogens is 3. The Balaban J connectivity index is -0.000000202. The second-order valence-electron chi connectivity index (χ2n) is 6.86. The Bertz CT molecular complexity index is 849. The maximum absolute atomic E-state index is 4.18. The van der Waals surface area contributed by atoms with Gasteiger partial charge in [0.25, 0.3) is 0 Å². The molecular weight excluding hydrogens is 486 g/mol. The van der Waals surface area contributed by atoms with E-state index in [1.807, 2.05) is 135 Å². The summed E-state index contributed by atoms with van der Waals surface area (Å²) >= 11 is 0. The Kier molecular flexibility index (Phi) is 43.4. The molecule has 0 saturated carbocycles. The fraction of sp³-hybridized carbons (Fsp3) is 0.378. The van der Waals surface area contributed by atoms with Crippen molar-refractivity contribution in [1.29, 1.82) is 0 Å². The van der Waals surface area contributed by atoms with Crippen molar-refractivity contribution in [2.75, 3.05) is 0 Å². The van der Waals surface area contributed by atoms with Crippen LogP contribution in [0.1, 0.15) is 95.9 Å². The summed E-state index contributed by atoms with van der Waals surface area (Å²) in [5, 5.41) is 3.65. The van der Waals surface area contributed by atoms with Gasteiger partial charge in [-0.1, -0.05) is 151 Å². The molecule has 0 fully saturated rings. The van der Waals surface area contributed by atoms with Gasteiger partial charge in [0.2, 0.25) is 0 Å². The first kappa shape index (κ1) is 43.5. The van der Waals surface area contributed by atoms with Crippen LogP contribution in [0.3, 0.4) is 0 Å². The van der Waals surface area contributed by atoms with Crippen LogP contribution in [0.2, 0.25) is 0 Å². The number of hydrogen-bond donors (Lipinski definition) is 0. The highest BCUT2D eigenvalue weighted by atomic mass is 14.6. The van der Waals surface area contributed by atoms with E-state index in [0.29, 0.717) is 0 Å². The molecule has 3 aromatic heterocycles. The van der Waals surface area contributed by atoms with Crippen molar-refractivity contribution in [1.82, 2.24) is 15.0 Å². The molecule has 3 heterocycles. The SMILES string of the molecule is CC.CC.CC.CC.CCC.CCC.c1ccc2cnccc2c1.c1ccc2ncccc2c1.c1ccncc1. The van der Waals surface area contributed by atoms with E-state index in [4.69, 9.17) is 0 Å². The predicted molar refractivity (Wildman–Crippen MR) is 185 cm³/mol. The van der Waals surface area contributed by atoms with Gasteiger partial charge < -0.3 is 0 Å². The molecule has 40 heavy (non-hydrogen) atoms. The molecule has 0 aliphatic heterocycles. The van der Waals surface area contributed by atoms with Gasteiger partial charge in [-0.25, -0.2) is 0 Å².